The molecule has 0 unspecified atom stereocenters. The van der Waals surface area contributed by atoms with Crippen molar-refractivity contribution in [1.82, 2.24) is 15.1 Å². The van der Waals surface area contributed by atoms with Gasteiger partial charge in [0.2, 0.25) is 5.91 Å². The van der Waals surface area contributed by atoms with Crippen LogP contribution in [0.4, 0.5) is 0 Å². The van der Waals surface area contributed by atoms with Crippen LogP contribution in [0.2, 0.25) is 0 Å². The third-order valence-corrected chi connectivity index (χ3v) is 4.45. The van der Waals surface area contributed by atoms with Crippen LogP contribution in [0.5, 0.6) is 5.75 Å². The molecule has 0 aromatic heterocycles. The maximum absolute atomic E-state index is 12.2. The second-order valence-electron chi connectivity index (χ2n) is 5.88. The molecular weight excluding hydrogens is 290 g/mol. The lowest BCUT2D eigenvalue weighted by Crippen LogP contribution is -2.48. The fourth-order valence-electron chi connectivity index (χ4n) is 2.92. The Labute approximate surface area is 139 Å². The zero-order chi connectivity index (χ0) is 16.5. The van der Waals surface area contributed by atoms with Crippen molar-refractivity contribution in [2.75, 3.05) is 52.9 Å². The number of carbonyl (C=O) groups excluding carboxylic acids is 1. The predicted molar refractivity (Wildman–Crippen MR) is 92.9 cm³/mol. The molecule has 1 N–H and O–H groups in total. The molecule has 0 bridgehead atoms. The highest BCUT2D eigenvalue weighted by atomic mass is 16.5. The molecule has 1 heterocycles. The molecule has 0 aliphatic carbocycles. The summed E-state index contributed by atoms with van der Waals surface area (Å²) in [6.45, 7) is 8.59. The third kappa shape index (κ3) is 5.52. The van der Waals surface area contributed by atoms with Crippen LogP contribution in [0.1, 0.15) is 18.9 Å². The summed E-state index contributed by atoms with van der Waals surface area (Å²) >= 11 is 0. The van der Waals surface area contributed by atoms with E-state index in [9.17, 15) is 4.79 Å². The summed E-state index contributed by atoms with van der Waals surface area (Å²) in [5, 5.41) is 3.36. The van der Waals surface area contributed by atoms with Crippen LogP contribution in [0.3, 0.4) is 0 Å². The Kier molecular flexibility index (Phi) is 7.36. The molecule has 23 heavy (non-hydrogen) atoms. The van der Waals surface area contributed by atoms with Crippen LogP contribution in [0, 0.1) is 0 Å². The van der Waals surface area contributed by atoms with Gasteiger partial charge in [-0.2, -0.15) is 0 Å². The third-order valence-electron chi connectivity index (χ3n) is 4.45. The van der Waals surface area contributed by atoms with Gasteiger partial charge < -0.3 is 19.9 Å². The van der Waals surface area contributed by atoms with Crippen molar-refractivity contribution in [1.29, 1.82) is 0 Å². The summed E-state index contributed by atoms with van der Waals surface area (Å²) in [6, 6.07) is 8.07. The lowest BCUT2D eigenvalue weighted by molar-refractivity contribution is -0.132. The molecule has 1 aromatic rings. The predicted octanol–water partition coefficient (Wildman–Crippen LogP) is 1.38. The Balaban J connectivity index is 1.61. The SMILES string of the molecule is CCN1CCN(C(=O)CCNCCc2ccccc2OC)CC1. The van der Waals surface area contributed by atoms with Gasteiger partial charge in [0.1, 0.15) is 5.75 Å². The quantitative estimate of drug-likeness (QED) is 0.735. The van der Waals surface area contributed by atoms with Crippen LogP contribution in [-0.4, -0.2) is 68.6 Å². The summed E-state index contributed by atoms with van der Waals surface area (Å²) in [4.78, 5) is 16.6. The van der Waals surface area contributed by atoms with Crippen LogP contribution in [0.15, 0.2) is 24.3 Å². The van der Waals surface area contributed by atoms with Crippen molar-refractivity contribution in [2.45, 2.75) is 19.8 Å². The van der Waals surface area contributed by atoms with E-state index in [4.69, 9.17) is 4.74 Å². The smallest absolute Gasteiger partial charge is 0.223 e. The van der Waals surface area contributed by atoms with E-state index in [2.05, 4.69) is 23.2 Å². The Morgan fingerprint density at radius 2 is 1.91 bits per heavy atom. The second-order valence-corrected chi connectivity index (χ2v) is 5.88. The molecule has 1 aliphatic rings. The minimum absolute atomic E-state index is 0.269. The van der Waals surface area contributed by atoms with Gasteiger partial charge in [-0.15, -0.1) is 0 Å². The number of amides is 1. The number of carbonyl (C=O) groups is 1. The Morgan fingerprint density at radius 3 is 2.61 bits per heavy atom. The molecule has 1 aromatic carbocycles. The molecule has 0 saturated carbocycles. The molecule has 1 fully saturated rings. The van der Waals surface area contributed by atoms with E-state index in [0.717, 1.165) is 58.0 Å². The number of nitrogens with zero attached hydrogens (tertiary/aromatic N) is 2. The number of benzene rings is 1. The first-order chi connectivity index (χ1) is 11.2. The molecular formula is C18H29N3O2. The first-order valence-electron chi connectivity index (χ1n) is 8.57. The normalized spacial score (nSPS) is 15.7. The minimum Gasteiger partial charge on any atom is -0.496 e. The fourth-order valence-corrected chi connectivity index (χ4v) is 2.92. The van der Waals surface area contributed by atoms with E-state index >= 15 is 0 Å². The molecule has 1 aliphatic heterocycles. The first kappa shape index (κ1) is 17.8. The van der Waals surface area contributed by atoms with Gasteiger partial charge >= 0.3 is 0 Å². The number of hydrogen-bond donors (Lipinski definition) is 1. The number of rotatable bonds is 8. The number of likely N-dealkylation sites (N-methyl/N-ethyl adjacent to an activating group) is 1. The lowest BCUT2D eigenvalue weighted by Gasteiger charge is -2.34. The van der Waals surface area contributed by atoms with E-state index in [-0.39, 0.29) is 5.91 Å². The van der Waals surface area contributed by atoms with Crippen molar-refractivity contribution < 1.29 is 9.53 Å². The van der Waals surface area contributed by atoms with Crippen LogP contribution < -0.4 is 10.1 Å². The van der Waals surface area contributed by atoms with Gasteiger partial charge in [-0.25, -0.2) is 0 Å². The highest BCUT2D eigenvalue weighted by Crippen LogP contribution is 2.17. The molecule has 0 spiro atoms. The molecule has 0 radical (unpaired) electrons. The summed E-state index contributed by atoms with van der Waals surface area (Å²) in [5.41, 5.74) is 1.20. The van der Waals surface area contributed by atoms with E-state index in [1.54, 1.807) is 7.11 Å². The number of nitrogens with one attached hydrogen (secondary N) is 1. The zero-order valence-electron chi connectivity index (χ0n) is 14.4. The van der Waals surface area contributed by atoms with Crippen molar-refractivity contribution in [3.8, 4) is 5.75 Å². The average molecular weight is 319 g/mol. The van der Waals surface area contributed by atoms with Gasteiger partial charge in [-0.3, -0.25) is 4.79 Å². The summed E-state index contributed by atoms with van der Waals surface area (Å²) in [6.07, 6.45) is 1.49. The van der Waals surface area contributed by atoms with E-state index in [0.29, 0.717) is 6.42 Å². The molecule has 0 atom stereocenters. The molecule has 2 rings (SSSR count). The number of hydrogen-bond acceptors (Lipinski definition) is 4. The van der Waals surface area contributed by atoms with E-state index < -0.39 is 0 Å². The summed E-state index contributed by atoms with van der Waals surface area (Å²) in [7, 11) is 1.70. The number of para-hydroxylation sites is 1. The number of piperazine rings is 1. The highest BCUT2D eigenvalue weighted by Gasteiger charge is 2.19. The van der Waals surface area contributed by atoms with Crippen LogP contribution >= 0.6 is 0 Å². The topological polar surface area (TPSA) is 44.8 Å². The van der Waals surface area contributed by atoms with Gasteiger partial charge in [0.15, 0.2) is 0 Å². The van der Waals surface area contributed by atoms with Crippen molar-refractivity contribution in [2.24, 2.45) is 0 Å². The standard InChI is InChI=1S/C18H29N3O2/c1-3-20-12-14-21(15-13-20)18(22)9-11-19-10-8-16-6-4-5-7-17(16)23-2/h4-7,19H,3,8-15H2,1-2H3. The molecule has 1 saturated heterocycles. The van der Waals surface area contributed by atoms with Crippen molar-refractivity contribution in [3.63, 3.8) is 0 Å². The van der Waals surface area contributed by atoms with Crippen LogP contribution in [0.25, 0.3) is 0 Å². The maximum Gasteiger partial charge on any atom is 0.223 e. The minimum atomic E-state index is 0.269. The zero-order valence-corrected chi connectivity index (χ0v) is 14.4. The molecule has 5 nitrogen and oxygen atoms in total. The van der Waals surface area contributed by atoms with Crippen molar-refractivity contribution >= 4 is 5.91 Å². The Hall–Kier alpha value is -1.59. The van der Waals surface area contributed by atoms with Gasteiger partial charge in [-0.05, 0) is 31.1 Å². The molecule has 128 valence electrons. The fraction of sp³-hybridized carbons (Fsp3) is 0.611. The molecule has 1 amide bonds. The lowest BCUT2D eigenvalue weighted by atomic mass is 10.1. The maximum atomic E-state index is 12.2. The summed E-state index contributed by atoms with van der Waals surface area (Å²) in [5.74, 6) is 1.20. The van der Waals surface area contributed by atoms with Gasteiger partial charge in [-0.1, -0.05) is 25.1 Å². The van der Waals surface area contributed by atoms with Crippen molar-refractivity contribution in [3.05, 3.63) is 29.8 Å². The number of methoxy groups -OCH3 is 1. The van der Waals surface area contributed by atoms with Gasteiger partial charge in [0.05, 0.1) is 7.11 Å². The Bertz CT molecular complexity index is 485. The van der Waals surface area contributed by atoms with E-state index in [1.807, 2.05) is 23.1 Å². The number of ether oxygens (including phenoxy) is 1. The van der Waals surface area contributed by atoms with Gasteiger partial charge in [0.25, 0.3) is 0 Å². The van der Waals surface area contributed by atoms with E-state index in [1.165, 1.54) is 5.56 Å². The van der Waals surface area contributed by atoms with Gasteiger partial charge in [0, 0.05) is 39.1 Å². The largest absolute Gasteiger partial charge is 0.496 e. The highest BCUT2D eigenvalue weighted by molar-refractivity contribution is 5.76. The monoisotopic (exact) mass is 319 g/mol. The Morgan fingerprint density at radius 1 is 1.17 bits per heavy atom. The average Bonchev–Trinajstić information content (AvgIpc) is 2.61. The second kappa shape index (κ2) is 9.53. The summed E-state index contributed by atoms with van der Waals surface area (Å²) < 4.78 is 5.35. The molecule has 5 heteroatoms. The first-order valence-corrected chi connectivity index (χ1v) is 8.57. The van der Waals surface area contributed by atoms with Crippen LogP contribution in [-0.2, 0) is 11.2 Å².